The van der Waals surface area contributed by atoms with E-state index in [9.17, 15) is 14.4 Å². The predicted molar refractivity (Wildman–Crippen MR) is 64.5 cm³/mol. The molecule has 6 nitrogen and oxygen atoms in total. The van der Waals surface area contributed by atoms with E-state index in [-0.39, 0.29) is 24.1 Å². The Morgan fingerprint density at radius 2 is 2.06 bits per heavy atom. The van der Waals surface area contributed by atoms with Gasteiger partial charge in [0.05, 0.1) is 6.42 Å². The fourth-order valence-electron chi connectivity index (χ4n) is 2.47. The molecular formula is C12H19N3O3. The molecule has 6 heteroatoms. The summed E-state index contributed by atoms with van der Waals surface area (Å²) in [5, 5.41) is 5.91. The first kappa shape index (κ1) is 13.0. The van der Waals surface area contributed by atoms with Crippen LogP contribution in [0.1, 0.15) is 25.7 Å². The van der Waals surface area contributed by atoms with Crippen molar-refractivity contribution in [2.24, 2.45) is 5.92 Å². The fraction of sp³-hybridized carbons (Fsp3) is 0.750. The second-order valence-electron chi connectivity index (χ2n) is 5.01. The van der Waals surface area contributed by atoms with E-state index in [4.69, 9.17) is 0 Å². The summed E-state index contributed by atoms with van der Waals surface area (Å²) >= 11 is 0. The molecule has 2 fully saturated rings. The molecule has 2 aliphatic rings. The molecule has 1 atom stereocenters. The van der Waals surface area contributed by atoms with E-state index >= 15 is 0 Å². The van der Waals surface area contributed by atoms with E-state index in [0.717, 1.165) is 30.8 Å². The van der Waals surface area contributed by atoms with Crippen LogP contribution in [-0.4, -0.2) is 48.8 Å². The molecule has 2 N–H and O–H groups in total. The van der Waals surface area contributed by atoms with Crippen LogP contribution in [-0.2, 0) is 14.4 Å². The van der Waals surface area contributed by atoms with E-state index in [1.165, 1.54) is 7.05 Å². The Bertz CT molecular complexity index is 364. The fourth-order valence-corrected chi connectivity index (χ4v) is 2.47. The number of piperidine rings is 1. The zero-order valence-electron chi connectivity index (χ0n) is 10.6. The second kappa shape index (κ2) is 5.48. The van der Waals surface area contributed by atoms with Crippen LogP contribution in [0.4, 0.5) is 0 Å². The van der Waals surface area contributed by atoms with Gasteiger partial charge in [-0.15, -0.1) is 0 Å². The molecule has 2 aliphatic heterocycles. The molecule has 3 amide bonds. The van der Waals surface area contributed by atoms with Gasteiger partial charge in [0.2, 0.25) is 11.8 Å². The number of nitrogens with zero attached hydrogens (tertiary/aromatic N) is 1. The topological polar surface area (TPSA) is 78.5 Å². The summed E-state index contributed by atoms with van der Waals surface area (Å²) in [6.07, 6.45) is 2.52. The van der Waals surface area contributed by atoms with E-state index in [1.807, 2.05) is 0 Å². The summed E-state index contributed by atoms with van der Waals surface area (Å²) in [7, 11) is 1.45. The molecule has 0 bridgehead atoms. The van der Waals surface area contributed by atoms with Crippen molar-refractivity contribution in [2.75, 3.05) is 20.1 Å². The molecular weight excluding hydrogens is 234 g/mol. The number of amides is 3. The lowest BCUT2D eigenvalue weighted by Crippen LogP contribution is -2.41. The summed E-state index contributed by atoms with van der Waals surface area (Å²) in [5.74, 6) is -0.273. The van der Waals surface area contributed by atoms with Crippen molar-refractivity contribution in [1.82, 2.24) is 15.5 Å². The van der Waals surface area contributed by atoms with Gasteiger partial charge < -0.3 is 10.6 Å². The average Bonchev–Trinajstić information content (AvgIpc) is 2.58. The van der Waals surface area contributed by atoms with Crippen molar-refractivity contribution >= 4 is 17.7 Å². The van der Waals surface area contributed by atoms with E-state index in [2.05, 4.69) is 10.6 Å². The predicted octanol–water partition coefficient (Wildman–Crippen LogP) is -0.750. The van der Waals surface area contributed by atoms with Gasteiger partial charge in [0, 0.05) is 13.5 Å². The van der Waals surface area contributed by atoms with E-state index < -0.39 is 6.04 Å². The normalized spacial score (nSPS) is 25.6. The highest BCUT2D eigenvalue weighted by Crippen LogP contribution is 2.16. The quantitative estimate of drug-likeness (QED) is 0.649. The lowest BCUT2D eigenvalue weighted by molar-refractivity contribution is -0.138. The van der Waals surface area contributed by atoms with Gasteiger partial charge in [-0.25, -0.2) is 0 Å². The number of hydrogen-bond acceptors (Lipinski definition) is 4. The van der Waals surface area contributed by atoms with Gasteiger partial charge in [0.1, 0.15) is 6.04 Å². The molecule has 1 unspecified atom stereocenters. The lowest BCUT2D eigenvalue weighted by atomic mass is 9.94. The number of carbonyl (C=O) groups excluding carboxylic acids is 3. The van der Waals surface area contributed by atoms with Crippen LogP contribution in [0.3, 0.4) is 0 Å². The number of likely N-dealkylation sites (tertiary alicyclic amines) is 1. The Kier molecular flexibility index (Phi) is 3.96. The molecule has 0 spiro atoms. The van der Waals surface area contributed by atoms with E-state index in [0.29, 0.717) is 12.3 Å². The maximum Gasteiger partial charge on any atom is 0.252 e. The van der Waals surface area contributed by atoms with Crippen LogP contribution in [0, 0.1) is 5.92 Å². The molecule has 0 aromatic carbocycles. The molecule has 0 radical (unpaired) electrons. The first-order valence-electron chi connectivity index (χ1n) is 6.38. The van der Waals surface area contributed by atoms with Crippen LogP contribution < -0.4 is 10.6 Å². The number of likely N-dealkylation sites (N-methyl/N-ethyl adjacent to an activating group) is 1. The Hall–Kier alpha value is -1.43. The number of imide groups is 1. The van der Waals surface area contributed by atoms with Gasteiger partial charge in [0.15, 0.2) is 0 Å². The average molecular weight is 253 g/mol. The van der Waals surface area contributed by atoms with Gasteiger partial charge in [-0.1, -0.05) is 0 Å². The van der Waals surface area contributed by atoms with Crippen LogP contribution in [0.15, 0.2) is 0 Å². The third kappa shape index (κ3) is 2.87. The van der Waals surface area contributed by atoms with Crippen molar-refractivity contribution in [3.63, 3.8) is 0 Å². The number of carbonyl (C=O) groups is 3. The van der Waals surface area contributed by atoms with Crippen LogP contribution in [0.2, 0.25) is 0 Å². The second-order valence-corrected chi connectivity index (χ2v) is 5.01. The number of nitrogens with one attached hydrogen (secondary N) is 2. The summed E-state index contributed by atoms with van der Waals surface area (Å²) in [6, 6.07) is -0.656. The lowest BCUT2D eigenvalue weighted by Gasteiger charge is -2.22. The maximum absolute atomic E-state index is 11.8. The Labute approximate surface area is 106 Å². The maximum atomic E-state index is 11.8. The van der Waals surface area contributed by atoms with Crippen molar-refractivity contribution in [2.45, 2.75) is 31.7 Å². The van der Waals surface area contributed by atoms with Crippen molar-refractivity contribution in [3.05, 3.63) is 0 Å². The zero-order chi connectivity index (χ0) is 13.1. The highest BCUT2D eigenvalue weighted by atomic mass is 16.2. The molecule has 100 valence electrons. The first-order chi connectivity index (χ1) is 8.58. The Morgan fingerprint density at radius 1 is 1.39 bits per heavy atom. The molecule has 18 heavy (non-hydrogen) atoms. The van der Waals surface area contributed by atoms with Crippen molar-refractivity contribution in [1.29, 1.82) is 0 Å². The van der Waals surface area contributed by atoms with Gasteiger partial charge in [-0.05, 0) is 31.8 Å². The third-order valence-electron chi connectivity index (χ3n) is 3.65. The zero-order valence-corrected chi connectivity index (χ0v) is 10.6. The summed E-state index contributed by atoms with van der Waals surface area (Å²) < 4.78 is 0. The molecule has 2 heterocycles. The molecule has 2 saturated heterocycles. The standard InChI is InChI=1S/C12H19N3O3/c1-15-11(17)7-9(12(15)18)14-10(16)6-8-2-4-13-5-3-8/h8-9,13H,2-7H2,1H3,(H,14,16). The van der Waals surface area contributed by atoms with Gasteiger partial charge in [-0.3, -0.25) is 19.3 Å². The number of rotatable bonds is 3. The minimum absolute atomic E-state index is 0.0906. The Balaban J connectivity index is 1.80. The third-order valence-corrected chi connectivity index (χ3v) is 3.65. The van der Waals surface area contributed by atoms with Crippen molar-refractivity contribution in [3.8, 4) is 0 Å². The first-order valence-corrected chi connectivity index (χ1v) is 6.38. The molecule has 2 rings (SSSR count). The minimum atomic E-state index is -0.656. The summed E-state index contributed by atoms with van der Waals surface area (Å²) in [4.78, 5) is 35.8. The van der Waals surface area contributed by atoms with Gasteiger partial charge in [-0.2, -0.15) is 0 Å². The smallest absolute Gasteiger partial charge is 0.252 e. The summed E-state index contributed by atoms with van der Waals surface area (Å²) in [5.41, 5.74) is 0. The number of hydrogen-bond donors (Lipinski definition) is 2. The van der Waals surface area contributed by atoms with Crippen LogP contribution in [0.25, 0.3) is 0 Å². The SMILES string of the molecule is CN1C(=O)CC(NC(=O)CC2CCNCC2)C1=O. The minimum Gasteiger partial charge on any atom is -0.344 e. The summed E-state index contributed by atoms with van der Waals surface area (Å²) in [6.45, 7) is 1.89. The van der Waals surface area contributed by atoms with Crippen molar-refractivity contribution < 1.29 is 14.4 Å². The van der Waals surface area contributed by atoms with Gasteiger partial charge >= 0.3 is 0 Å². The van der Waals surface area contributed by atoms with Crippen LogP contribution >= 0.6 is 0 Å². The van der Waals surface area contributed by atoms with Gasteiger partial charge in [0.25, 0.3) is 5.91 Å². The Morgan fingerprint density at radius 3 is 2.61 bits per heavy atom. The largest absolute Gasteiger partial charge is 0.344 e. The highest BCUT2D eigenvalue weighted by Gasteiger charge is 2.37. The molecule has 0 aromatic rings. The monoisotopic (exact) mass is 253 g/mol. The van der Waals surface area contributed by atoms with Crippen LogP contribution in [0.5, 0.6) is 0 Å². The molecule has 0 aliphatic carbocycles. The molecule has 0 aromatic heterocycles. The molecule has 0 saturated carbocycles. The highest BCUT2D eigenvalue weighted by molar-refractivity contribution is 6.06. The van der Waals surface area contributed by atoms with E-state index in [1.54, 1.807) is 0 Å².